The van der Waals surface area contributed by atoms with Crippen molar-refractivity contribution in [1.82, 2.24) is 15.5 Å². The smallest absolute Gasteiger partial charge is 0.325 e. The molecule has 6 nitrogen and oxygen atoms in total. The number of carbonyl (C=O) groups excluding carboxylic acids is 3. The molecule has 5 aliphatic carbocycles. The molecule has 1 aliphatic heterocycles. The minimum atomic E-state index is -0.681. The summed E-state index contributed by atoms with van der Waals surface area (Å²) in [6.45, 7) is 2.36. The Morgan fingerprint density at radius 3 is 2.25 bits per heavy atom. The standard InChI is InChI=1S/C22H33N3O3/c1-14(21-11-15-8-16(12-21)10-17(9-15)13-21)23-18(26)4-7-25-19(27)22(24-20(25)28)5-2-3-6-22/h14-17H,2-13H2,1H3,(H,23,26)(H,24,28). The van der Waals surface area contributed by atoms with Crippen molar-refractivity contribution in [3.63, 3.8) is 0 Å². The normalized spacial score (nSPS) is 38.9. The molecule has 2 N–H and O–H groups in total. The minimum absolute atomic E-state index is 0.0313. The fourth-order valence-electron chi connectivity index (χ4n) is 7.58. The molecule has 6 fully saturated rings. The number of nitrogens with one attached hydrogen (secondary N) is 2. The van der Waals surface area contributed by atoms with Crippen LogP contribution in [-0.4, -0.2) is 40.9 Å². The number of urea groups is 1. The largest absolute Gasteiger partial charge is 0.353 e. The molecule has 6 rings (SSSR count). The van der Waals surface area contributed by atoms with E-state index in [0.717, 1.165) is 43.4 Å². The molecule has 1 saturated heterocycles. The second-order valence-corrected chi connectivity index (χ2v) is 10.5. The van der Waals surface area contributed by atoms with Crippen LogP contribution in [0.1, 0.15) is 77.6 Å². The van der Waals surface area contributed by atoms with Crippen LogP contribution in [0.25, 0.3) is 0 Å². The van der Waals surface area contributed by atoms with E-state index in [1.165, 1.54) is 43.4 Å². The first-order chi connectivity index (χ1) is 13.4. The molecule has 1 heterocycles. The van der Waals surface area contributed by atoms with Crippen molar-refractivity contribution in [3.8, 4) is 0 Å². The topological polar surface area (TPSA) is 78.5 Å². The lowest BCUT2D eigenvalue weighted by Gasteiger charge is -2.59. The molecule has 5 saturated carbocycles. The van der Waals surface area contributed by atoms with Crippen molar-refractivity contribution >= 4 is 17.8 Å². The fourth-order valence-corrected chi connectivity index (χ4v) is 7.58. The maximum atomic E-state index is 12.7. The molecule has 1 unspecified atom stereocenters. The Hall–Kier alpha value is -1.59. The zero-order valence-electron chi connectivity index (χ0n) is 17.0. The lowest BCUT2D eigenvalue weighted by atomic mass is 9.48. The average molecular weight is 388 g/mol. The highest BCUT2D eigenvalue weighted by Crippen LogP contribution is 2.61. The molecule has 0 aromatic heterocycles. The third-order valence-corrected chi connectivity index (χ3v) is 8.65. The van der Waals surface area contributed by atoms with Gasteiger partial charge in [0, 0.05) is 19.0 Å². The number of imide groups is 1. The first kappa shape index (κ1) is 18.4. The predicted molar refractivity (Wildman–Crippen MR) is 104 cm³/mol. The van der Waals surface area contributed by atoms with Crippen LogP contribution in [0.3, 0.4) is 0 Å². The van der Waals surface area contributed by atoms with Gasteiger partial charge in [0.1, 0.15) is 5.54 Å². The van der Waals surface area contributed by atoms with E-state index in [1.54, 1.807) is 0 Å². The van der Waals surface area contributed by atoms with Crippen LogP contribution in [0.5, 0.6) is 0 Å². The van der Waals surface area contributed by atoms with Gasteiger partial charge in [-0.15, -0.1) is 0 Å². The maximum Gasteiger partial charge on any atom is 0.325 e. The average Bonchev–Trinajstić information content (AvgIpc) is 3.18. The Kier molecular flexibility index (Phi) is 4.25. The van der Waals surface area contributed by atoms with Crippen LogP contribution in [0.2, 0.25) is 0 Å². The molecular weight excluding hydrogens is 354 g/mol. The number of hydrogen-bond acceptors (Lipinski definition) is 3. The molecule has 0 aromatic carbocycles. The van der Waals surface area contributed by atoms with Crippen molar-refractivity contribution < 1.29 is 14.4 Å². The second-order valence-electron chi connectivity index (χ2n) is 10.5. The summed E-state index contributed by atoms with van der Waals surface area (Å²) in [6, 6.07) is -0.147. The zero-order chi connectivity index (χ0) is 19.5. The van der Waals surface area contributed by atoms with E-state index in [9.17, 15) is 14.4 Å². The molecular formula is C22H33N3O3. The van der Waals surface area contributed by atoms with Crippen LogP contribution in [-0.2, 0) is 9.59 Å². The van der Waals surface area contributed by atoms with Gasteiger partial charge in [0.25, 0.3) is 5.91 Å². The molecule has 4 bridgehead atoms. The fraction of sp³-hybridized carbons (Fsp3) is 0.864. The Morgan fingerprint density at radius 1 is 1.11 bits per heavy atom. The zero-order valence-corrected chi connectivity index (χ0v) is 17.0. The van der Waals surface area contributed by atoms with Crippen molar-refractivity contribution in [2.45, 2.75) is 89.1 Å². The third kappa shape index (κ3) is 2.86. The Morgan fingerprint density at radius 2 is 1.68 bits per heavy atom. The molecule has 0 aromatic rings. The number of nitrogens with zero attached hydrogens (tertiary/aromatic N) is 1. The summed E-state index contributed by atoms with van der Waals surface area (Å²) in [5, 5.41) is 6.13. The quantitative estimate of drug-likeness (QED) is 0.712. The summed E-state index contributed by atoms with van der Waals surface area (Å²) < 4.78 is 0. The summed E-state index contributed by atoms with van der Waals surface area (Å²) in [5.74, 6) is 2.42. The SMILES string of the molecule is CC(NC(=O)CCN1C(=O)NC2(CCCC2)C1=O)C12CC3CC(CC(C3)C1)C2. The highest BCUT2D eigenvalue weighted by atomic mass is 16.2. The first-order valence-corrected chi connectivity index (χ1v) is 11.3. The summed E-state index contributed by atoms with van der Waals surface area (Å²) in [5.41, 5.74) is -0.404. The predicted octanol–water partition coefficient (Wildman–Crippen LogP) is 2.96. The van der Waals surface area contributed by atoms with Gasteiger partial charge >= 0.3 is 6.03 Å². The lowest BCUT2D eigenvalue weighted by molar-refractivity contribution is -0.132. The van der Waals surface area contributed by atoms with Gasteiger partial charge in [-0.25, -0.2) is 4.79 Å². The van der Waals surface area contributed by atoms with Gasteiger partial charge in [-0.3, -0.25) is 14.5 Å². The van der Waals surface area contributed by atoms with Crippen LogP contribution < -0.4 is 10.6 Å². The Balaban J connectivity index is 1.17. The number of rotatable bonds is 5. The highest BCUT2D eigenvalue weighted by Gasteiger charge is 2.54. The molecule has 4 amide bonds. The summed E-state index contributed by atoms with van der Waals surface area (Å²) >= 11 is 0. The van der Waals surface area contributed by atoms with Gasteiger partial charge in [0.05, 0.1) is 0 Å². The van der Waals surface area contributed by atoms with Crippen molar-refractivity contribution in [2.24, 2.45) is 23.2 Å². The summed E-state index contributed by atoms with van der Waals surface area (Å²) in [6.07, 6.45) is 11.6. The van der Waals surface area contributed by atoms with E-state index < -0.39 is 5.54 Å². The van der Waals surface area contributed by atoms with Gasteiger partial charge in [-0.2, -0.15) is 0 Å². The number of carbonyl (C=O) groups is 3. The Bertz CT molecular complexity index is 662. The first-order valence-electron chi connectivity index (χ1n) is 11.3. The third-order valence-electron chi connectivity index (χ3n) is 8.65. The van der Waals surface area contributed by atoms with E-state index in [2.05, 4.69) is 17.6 Å². The van der Waals surface area contributed by atoms with Crippen molar-refractivity contribution in [3.05, 3.63) is 0 Å². The van der Waals surface area contributed by atoms with E-state index in [0.29, 0.717) is 0 Å². The highest BCUT2D eigenvalue weighted by molar-refractivity contribution is 6.07. The molecule has 28 heavy (non-hydrogen) atoms. The van der Waals surface area contributed by atoms with Gasteiger partial charge in [0.15, 0.2) is 0 Å². The Labute approximate surface area is 167 Å². The molecule has 6 aliphatic rings. The number of hydrogen-bond donors (Lipinski definition) is 2. The monoisotopic (exact) mass is 387 g/mol. The lowest BCUT2D eigenvalue weighted by Crippen LogP contribution is -2.56. The van der Waals surface area contributed by atoms with E-state index in [-0.39, 0.29) is 42.3 Å². The van der Waals surface area contributed by atoms with Crippen LogP contribution in [0.4, 0.5) is 4.79 Å². The van der Waals surface area contributed by atoms with E-state index in [1.807, 2.05) is 0 Å². The van der Waals surface area contributed by atoms with E-state index >= 15 is 0 Å². The summed E-state index contributed by atoms with van der Waals surface area (Å²) in [7, 11) is 0. The molecule has 6 heteroatoms. The van der Waals surface area contributed by atoms with Gasteiger partial charge in [0.2, 0.25) is 5.91 Å². The van der Waals surface area contributed by atoms with E-state index in [4.69, 9.17) is 0 Å². The van der Waals surface area contributed by atoms with Gasteiger partial charge in [-0.1, -0.05) is 12.8 Å². The van der Waals surface area contributed by atoms with Crippen molar-refractivity contribution in [2.75, 3.05) is 6.54 Å². The molecule has 1 spiro atoms. The van der Waals surface area contributed by atoms with Crippen LogP contribution >= 0.6 is 0 Å². The van der Waals surface area contributed by atoms with Gasteiger partial charge < -0.3 is 10.6 Å². The van der Waals surface area contributed by atoms with Gasteiger partial charge in [-0.05, 0) is 81.5 Å². The van der Waals surface area contributed by atoms with Crippen LogP contribution in [0.15, 0.2) is 0 Å². The molecule has 154 valence electrons. The summed E-state index contributed by atoms with van der Waals surface area (Å²) in [4.78, 5) is 38.9. The maximum absolute atomic E-state index is 12.7. The minimum Gasteiger partial charge on any atom is -0.353 e. The molecule has 1 atom stereocenters. The molecule has 0 radical (unpaired) electrons. The van der Waals surface area contributed by atoms with Crippen molar-refractivity contribution in [1.29, 1.82) is 0 Å². The van der Waals surface area contributed by atoms with Crippen LogP contribution in [0, 0.1) is 23.2 Å². The second kappa shape index (κ2) is 6.46. The number of amides is 4.